The van der Waals surface area contributed by atoms with Crippen LogP contribution in [0.1, 0.15) is 5.76 Å². The molecule has 0 atom stereocenters. The fraction of sp³-hybridized carbons (Fsp3) is 0.0667. The first kappa shape index (κ1) is 14.0. The normalized spacial score (nSPS) is 10.9. The van der Waals surface area contributed by atoms with Gasteiger partial charge in [-0.2, -0.15) is 0 Å². The van der Waals surface area contributed by atoms with Gasteiger partial charge in [-0.05, 0) is 36.8 Å². The van der Waals surface area contributed by atoms with Gasteiger partial charge < -0.3 is 4.42 Å². The summed E-state index contributed by atoms with van der Waals surface area (Å²) in [5, 5.41) is 0.286. The Labute approximate surface area is 130 Å². The Morgan fingerprint density at radius 3 is 2.33 bits per heavy atom. The number of halogens is 3. The summed E-state index contributed by atoms with van der Waals surface area (Å²) in [5.41, 5.74) is 0.914. The maximum absolute atomic E-state index is 13.3. The summed E-state index contributed by atoms with van der Waals surface area (Å²) < 4.78 is 18.8. The molecule has 0 bridgehead atoms. The van der Waals surface area contributed by atoms with E-state index in [2.05, 4.69) is 9.97 Å². The third-order valence-electron chi connectivity index (χ3n) is 2.89. The minimum Gasteiger partial charge on any atom is -0.458 e. The van der Waals surface area contributed by atoms with Gasteiger partial charge in [-0.15, -0.1) is 0 Å². The molecule has 0 aliphatic rings. The van der Waals surface area contributed by atoms with Crippen molar-refractivity contribution in [3.05, 3.63) is 58.3 Å². The maximum Gasteiger partial charge on any atom is 0.198 e. The zero-order valence-electron chi connectivity index (χ0n) is 10.9. The Bertz CT molecular complexity index is 794. The van der Waals surface area contributed by atoms with E-state index in [4.69, 9.17) is 27.6 Å². The minimum absolute atomic E-state index is 0.143. The van der Waals surface area contributed by atoms with E-state index >= 15 is 0 Å². The van der Waals surface area contributed by atoms with Crippen molar-refractivity contribution >= 4 is 23.2 Å². The van der Waals surface area contributed by atoms with Gasteiger partial charge in [0.05, 0.1) is 5.56 Å². The van der Waals surface area contributed by atoms with Gasteiger partial charge in [0.1, 0.15) is 21.9 Å². The topological polar surface area (TPSA) is 38.9 Å². The van der Waals surface area contributed by atoms with E-state index in [1.807, 2.05) is 6.92 Å². The van der Waals surface area contributed by atoms with Crippen LogP contribution < -0.4 is 0 Å². The van der Waals surface area contributed by atoms with Crippen molar-refractivity contribution in [1.29, 1.82) is 0 Å². The van der Waals surface area contributed by atoms with Gasteiger partial charge in [0.25, 0.3) is 0 Å². The quantitative estimate of drug-likeness (QED) is 0.612. The van der Waals surface area contributed by atoms with Gasteiger partial charge in [-0.1, -0.05) is 35.3 Å². The molecule has 1 aromatic carbocycles. The Morgan fingerprint density at radius 1 is 1.05 bits per heavy atom. The van der Waals surface area contributed by atoms with Gasteiger partial charge in [-0.25, -0.2) is 14.4 Å². The van der Waals surface area contributed by atoms with E-state index in [-0.39, 0.29) is 16.1 Å². The van der Waals surface area contributed by atoms with Crippen LogP contribution >= 0.6 is 23.2 Å². The number of nitrogens with zero attached hydrogens (tertiary/aromatic N) is 2. The molecule has 0 spiro atoms. The van der Waals surface area contributed by atoms with Gasteiger partial charge in [0, 0.05) is 0 Å². The van der Waals surface area contributed by atoms with Crippen molar-refractivity contribution in [2.45, 2.75) is 6.92 Å². The Morgan fingerprint density at radius 2 is 1.76 bits per heavy atom. The number of hydrogen-bond acceptors (Lipinski definition) is 3. The van der Waals surface area contributed by atoms with Crippen molar-refractivity contribution < 1.29 is 8.81 Å². The van der Waals surface area contributed by atoms with E-state index < -0.39 is 0 Å². The third-order valence-corrected chi connectivity index (χ3v) is 3.44. The first-order chi connectivity index (χ1) is 10.0. The van der Waals surface area contributed by atoms with Gasteiger partial charge in [0.2, 0.25) is 0 Å². The van der Waals surface area contributed by atoms with Crippen molar-refractivity contribution in [1.82, 2.24) is 9.97 Å². The highest BCUT2D eigenvalue weighted by Crippen LogP contribution is 2.34. The van der Waals surface area contributed by atoms with Gasteiger partial charge >= 0.3 is 0 Å². The molecule has 0 unspecified atom stereocenters. The van der Waals surface area contributed by atoms with E-state index in [1.165, 1.54) is 12.1 Å². The molecule has 0 fully saturated rings. The van der Waals surface area contributed by atoms with Crippen molar-refractivity contribution in [3.63, 3.8) is 0 Å². The lowest BCUT2D eigenvalue weighted by Crippen LogP contribution is -1.94. The Balaban J connectivity index is 2.12. The molecular weight excluding hydrogens is 314 g/mol. The predicted octanol–water partition coefficient (Wildman–Crippen LogP) is 5.16. The highest BCUT2D eigenvalue weighted by Gasteiger charge is 2.16. The average Bonchev–Trinajstić information content (AvgIpc) is 2.85. The molecule has 21 heavy (non-hydrogen) atoms. The zero-order chi connectivity index (χ0) is 15.0. The molecule has 3 aromatic rings. The molecule has 2 aromatic heterocycles. The highest BCUT2D eigenvalue weighted by atomic mass is 35.5. The standard InChI is InChI=1S/C15H9Cl2FN2O/c1-8-5-6-11(21-8)15-19-13(16)12(14(17)20-15)9-3-2-4-10(18)7-9/h2-7H,1H3. The molecule has 0 radical (unpaired) electrons. The smallest absolute Gasteiger partial charge is 0.198 e. The molecule has 0 aliphatic heterocycles. The number of aromatic nitrogens is 2. The minimum atomic E-state index is -0.384. The summed E-state index contributed by atoms with van der Waals surface area (Å²) in [6.45, 7) is 1.81. The van der Waals surface area contributed by atoms with E-state index in [1.54, 1.807) is 24.3 Å². The van der Waals surface area contributed by atoms with Crippen LogP contribution in [0.5, 0.6) is 0 Å². The fourth-order valence-electron chi connectivity index (χ4n) is 1.95. The van der Waals surface area contributed by atoms with Crippen LogP contribution in [0.4, 0.5) is 4.39 Å². The monoisotopic (exact) mass is 322 g/mol. The summed E-state index contributed by atoms with van der Waals surface area (Å²) >= 11 is 12.4. The maximum atomic E-state index is 13.3. The number of rotatable bonds is 2. The zero-order valence-corrected chi connectivity index (χ0v) is 12.4. The lowest BCUT2D eigenvalue weighted by atomic mass is 10.1. The van der Waals surface area contributed by atoms with Crippen molar-refractivity contribution in [3.8, 4) is 22.7 Å². The fourth-order valence-corrected chi connectivity index (χ4v) is 2.56. The lowest BCUT2D eigenvalue weighted by molar-refractivity contribution is 0.544. The summed E-state index contributed by atoms with van der Waals surface area (Å²) in [6, 6.07) is 9.46. The third kappa shape index (κ3) is 2.77. The van der Waals surface area contributed by atoms with E-state index in [0.717, 1.165) is 5.76 Å². The molecule has 2 heterocycles. The molecule has 0 amide bonds. The molecule has 6 heteroatoms. The summed E-state index contributed by atoms with van der Waals surface area (Å²) in [6.07, 6.45) is 0. The second-order valence-corrected chi connectivity index (χ2v) is 5.14. The summed E-state index contributed by atoms with van der Waals surface area (Å²) in [4.78, 5) is 8.35. The van der Waals surface area contributed by atoms with Crippen LogP contribution in [0.3, 0.4) is 0 Å². The average molecular weight is 323 g/mol. The number of benzene rings is 1. The van der Waals surface area contributed by atoms with Crippen LogP contribution in [-0.2, 0) is 0 Å². The summed E-state index contributed by atoms with van der Waals surface area (Å²) in [5.74, 6) is 1.11. The molecule has 0 saturated carbocycles. The number of aryl methyl sites for hydroxylation is 1. The summed E-state index contributed by atoms with van der Waals surface area (Å²) in [7, 11) is 0. The largest absolute Gasteiger partial charge is 0.458 e. The van der Waals surface area contributed by atoms with E-state index in [0.29, 0.717) is 22.7 Å². The number of furan rings is 1. The first-order valence-corrected chi connectivity index (χ1v) is 6.86. The number of hydrogen-bond donors (Lipinski definition) is 0. The lowest BCUT2D eigenvalue weighted by Gasteiger charge is -2.07. The molecule has 3 rings (SSSR count). The highest BCUT2D eigenvalue weighted by molar-refractivity contribution is 6.37. The Kier molecular flexibility index (Phi) is 3.66. The van der Waals surface area contributed by atoms with Crippen LogP contribution in [0.15, 0.2) is 40.8 Å². The van der Waals surface area contributed by atoms with Crippen LogP contribution in [0.25, 0.3) is 22.7 Å². The Hall–Kier alpha value is -1.91. The van der Waals surface area contributed by atoms with Crippen LogP contribution in [-0.4, -0.2) is 9.97 Å². The van der Waals surface area contributed by atoms with Gasteiger partial charge in [-0.3, -0.25) is 0 Å². The van der Waals surface area contributed by atoms with Crippen molar-refractivity contribution in [2.24, 2.45) is 0 Å². The van der Waals surface area contributed by atoms with Crippen LogP contribution in [0, 0.1) is 12.7 Å². The SMILES string of the molecule is Cc1ccc(-c2nc(Cl)c(-c3cccc(F)c3)c(Cl)n2)o1. The van der Waals surface area contributed by atoms with E-state index in [9.17, 15) is 4.39 Å². The first-order valence-electron chi connectivity index (χ1n) is 6.10. The molecule has 106 valence electrons. The van der Waals surface area contributed by atoms with Crippen molar-refractivity contribution in [2.75, 3.05) is 0 Å². The van der Waals surface area contributed by atoms with Gasteiger partial charge in [0.15, 0.2) is 11.6 Å². The second kappa shape index (κ2) is 5.47. The molecule has 3 nitrogen and oxygen atoms in total. The molecule has 0 N–H and O–H groups in total. The predicted molar refractivity (Wildman–Crippen MR) is 79.9 cm³/mol. The van der Waals surface area contributed by atoms with Crippen LogP contribution in [0.2, 0.25) is 10.3 Å². The molecular formula is C15H9Cl2FN2O. The molecule has 0 saturated heterocycles. The molecule has 0 aliphatic carbocycles. The second-order valence-electron chi connectivity index (χ2n) is 4.42.